The van der Waals surface area contributed by atoms with E-state index in [1.54, 1.807) is 12.4 Å². The van der Waals surface area contributed by atoms with Crippen molar-refractivity contribution < 1.29 is 4.79 Å². The van der Waals surface area contributed by atoms with Crippen molar-refractivity contribution in [1.29, 1.82) is 0 Å². The topological polar surface area (TPSA) is 39.7 Å². The number of carbonyl (C=O) groups is 1. The van der Waals surface area contributed by atoms with Crippen LogP contribution < -0.4 is 9.80 Å². The van der Waals surface area contributed by atoms with E-state index in [4.69, 9.17) is 0 Å². The van der Waals surface area contributed by atoms with Crippen LogP contribution in [0.25, 0.3) is 0 Å². The molecule has 0 saturated carbocycles. The molecule has 0 aliphatic carbocycles. The maximum atomic E-state index is 13.1. The Kier molecular flexibility index (Phi) is 5.39. The normalized spacial score (nSPS) is 21.5. The van der Waals surface area contributed by atoms with Crippen LogP contribution in [0.3, 0.4) is 0 Å². The van der Waals surface area contributed by atoms with E-state index in [0.717, 1.165) is 57.7 Å². The van der Waals surface area contributed by atoms with Gasteiger partial charge in [0.15, 0.2) is 0 Å². The molecule has 3 heterocycles. The fourth-order valence-corrected chi connectivity index (χ4v) is 4.21. The second kappa shape index (κ2) is 8.09. The van der Waals surface area contributed by atoms with Crippen molar-refractivity contribution in [2.75, 3.05) is 49.6 Å². The van der Waals surface area contributed by atoms with Gasteiger partial charge in [0.25, 0.3) is 0 Å². The van der Waals surface area contributed by atoms with Crippen LogP contribution in [0.1, 0.15) is 18.4 Å². The number of rotatable bonds is 4. The first-order chi connectivity index (χ1) is 13.2. The second-order valence-electron chi connectivity index (χ2n) is 7.66. The summed E-state index contributed by atoms with van der Waals surface area (Å²) < 4.78 is 0. The van der Waals surface area contributed by atoms with Gasteiger partial charge in [0.1, 0.15) is 0 Å². The molecule has 0 spiro atoms. The number of carbonyl (C=O) groups excluding carboxylic acids is 1. The Morgan fingerprint density at radius 2 is 1.85 bits per heavy atom. The average Bonchev–Trinajstić information content (AvgIpc) is 2.71. The predicted octanol–water partition coefficient (Wildman–Crippen LogP) is 2.82. The molecule has 1 aromatic carbocycles. The van der Waals surface area contributed by atoms with Gasteiger partial charge in [0.05, 0.1) is 11.9 Å². The Labute approximate surface area is 161 Å². The lowest BCUT2D eigenvalue weighted by molar-refractivity contribution is -0.123. The van der Waals surface area contributed by atoms with Crippen LogP contribution in [0.4, 0.5) is 11.4 Å². The molecule has 2 fully saturated rings. The zero-order chi connectivity index (χ0) is 18.6. The molecule has 2 aliphatic rings. The summed E-state index contributed by atoms with van der Waals surface area (Å²) in [5.74, 6) is 0.287. The maximum absolute atomic E-state index is 13.1. The lowest BCUT2D eigenvalue weighted by Gasteiger charge is -2.36. The smallest absolute Gasteiger partial charge is 0.230 e. The van der Waals surface area contributed by atoms with Gasteiger partial charge in [0.2, 0.25) is 5.91 Å². The van der Waals surface area contributed by atoms with E-state index in [1.807, 2.05) is 17.0 Å². The van der Waals surface area contributed by atoms with Crippen molar-refractivity contribution in [2.45, 2.75) is 19.3 Å². The van der Waals surface area contributed by atoms with Crippen LogP contribution in [0.5, 0.6) is 0 Å². The number of hydrogen-bond acceptors (Lipinski definition) is 4. The number of pyridine rings is 1. The number of hydrogen-bond donors (Lipinski definition) is 0. The largest absolute Gasteiger partial charge is 0.369 e. The summed E-state index contributed by atoms with van der Waals surface area (Å²) in [5, 5.41) is 0. The first-order valence-corrected chi connectivity index (χ1v) is 9.95. The second-order valence-corrected chi connectivity index (χ2v) is 7.66. The number of anilines is 2. The Morgan fingerprint density at radius 1 is 1.04 bits per heavy atom. The number of piperazine rings is 1. The molecule has 142 valence electrons. The average molecular weight is 364 g/mol. The molecular formula is C22H28N4O. The van der Waals surface area contributed by atoms with Crippen LogP contribution in [0.2, 0.25) is 0 Å². The standard InChI is InChI=1S/C22H28N4O/c1-24-12-14-25(15-13-24)21-9-3-2-6-18(21)16-19-7-5-11-26(22(19)27)20-8-4-10-23-17-20/h2-4,6,8-10,17,19H,5,7,11-16H2,1H3. The van der Waals surface area contributed by atoms with Gasteiger partial charge < -0.3 is 14.7 Å². The number of likely N-dealkylation sites (N-methyl/N-ethyl adjacent to an activating group) is 1. The van der Waals surface area contributed by atoms with E-state index in [1.165, 1.54) is 11.3 Å². The molecule has 0 bridgehead atoms. The van der Waals surface area contributed by atoms with E-state index in [-0.39, 0.29) is 11.8 Å². The van der Waals surface area contributed by atoms with Gasteiger partial charge in [-0.2, -0.15) is 0 Å². The summed E-state index contributed by atoms with van der Waals surface area (Å²) in [6, 6.07) is 12.5. The monoisotopic (exact) mass is 364 g/mol. The molecule has 1 aromatic heterocycles. The van der Waals surface area contributed by atoms with Crippen molar-refractivity contribution >= 4 is 17.3 Å². The molecule has 0 radical (unpaired) electrons. The zero-order valence-corrected chi connectivity index (χ0v) is 16.1. The molecule has 4 rings (SSSR count). The molecule has 0 N–H and O–H groups in total. The minimum atomic E-state index is 0.0487. The summed E-state index contributed by atoms with van der Waals surface area (Å²) in [4.78, 5) is 24.1. The lowest BCUT2D eigenvalue weighted by Crippen LogP contribution is -2.45. The molecule has 1 unspecified atom stereocenters. The summed E-state index contributed by atoms with van der Waals surface area (Å²) in [6.07, 6.45) is 6.37. The fourth-order valence-electron chi connectivity index (χ4n) is 4.21. The van der Waals surface area contributed by atoms with Crippen molar-refractivity contribution in [1.82, 2.24) is 9.88 Å². The first kappa shape index (κ1) is 18.0. The Hall–Kier alpha value is -2.40. The Morgan fingerprint density at radius 3 is 2.63 bits per heavy atom. The van der Waals surface area contributed by atoms with Crippen LogP contribution in [0, 0.1) is 5.92 Å². The lowest BCUT2D eigenvalue weighted by atomic mass is 9.89. The fraction of sp³-hybridized carbons (Fsp3) is 0.455. The van der Waals surface area contributed by atoms with Gasteiger partial charge in [0, 0.05) is 50.5 Å². The molecule has 2 saturated heterocycles. The van der Waals surface area contributed by atoms with Gasteiger partial charge in [-0.25, -0.2) is 0 Å². The molecule has 5 nitrogen and oxygen atoms in total. The number of benzene rings is 1. The van der Waals surface area contributed by atoms with Gasteiger partial charge >= 0.3 is 0 Å². The van der Waals surface area contributed by atoms with Crippen molar-refractivity contribution in [2.24, 2.45) is 5.92 Å². The van der Waals surface area contributed by atoms with Gasteiger partial charge in [-0.15, -0.1) is 0 Å². The summed E-state index contributed by atoms with van der Waals surface area (Å²) >= 11 is 0. The number of para-hydroxylation sites is 1. The van der Waals surface area contributed by atoms with Crippen LogP contribution in [-0.2, 0) is 11.2 Å². The highest BCUT2D eigenvalue weighted by Crippen LogP contribution is 2.30. The van der Waals surface area contributed by atoms with Crippen molar-refractivity contribution in [3.05, 3.63) is 54.4 Å². The van der Waals surface area contributed by atoms with Crippen molar-refractivity contribution in [3.8, 4) is 0 Å². The predicted molar refractivity (Wildman–Crippen MR) is 109 cm³/mol. The third-order valence-electron chi connectivity index (χ3n) is 5.81. The number of nitrogens with zero attached hydrogens (tertiary/aromatic N) is 4. The van der Waals surface area contributed by atoms with E-state index >= 15 is 0 Å². The minimum absolute atomic E-state index is 0.0487. The highest BCUT2D eigenvalue weighted by molar-refractivity contribution is 5.95. The molecule has 2 aliphatic heterocycles. The van der Waals surface area contributed by atoms with E-state index in [9.17, 15) is 4.79 Å². The molecule has 1 amide bonds. The van der Waals surface area contributed by atoms with Crippen LogP contribution >= 0.6 is 0 Å². The Balaban J connectivity index is 1.51. The highest BCUT2D eigenvalue weighted by atomic mass is 16.2. The third-order valence-corrected chi connectivity index (χ3v) is 5.81. The quantitative estimate of drug-likeness (QED) is 0.836. The number of piperidine rings is 1. The van der Waals surface area contributed by atoms with Gasteiger partial charge in [-0.3, -0.25) is 9.78 Å². The summed E-state index contributed by atoms with van der Waals surface area (Å²) in [6.45, 7) is 5.07. The molecule has 5 heteroatoms. The van der Waals surface area contributed by atoms with E-state index < -0.39 is 0 Å². The number of aromatic nitrogens is 1. The van der Waals surface area contributed by atoms with E-state index in [0.29, 0.717) is 0 Å². The Bertz CT molecular complexity index is 771. The zero-order valence-electron chi connectivity index (χ0n) is 16.1. The SMILES string of the molecule is CN1CCN(c2ccccc2CC2CCCN(c3cccnc3)C2=O)CC1. The molecule has 27 heavy (non-hydrogen) atoms. The van der Waals surface area contributed by atoms with Gasteiger partial charge in [-0.05, 0) is 50.1 Å². The molecule has 1 atom stereocenters. The van der Waals surface area contributed by atoms with Crippen molar-refractivity contribution in [3.63, 3.8) is 0 Å². The summed E-state index contributed by atoms with van der Waals surface area (Å²) in [5.41, 5.74) is 3.52. The number of amides is 1. The minimum Gasteiger partial charge on any atom is -0.369 e. The van der Waals surface area contributed by atoms with E-state index in [2.05, 4.69) is 46.1 Å². The maximum Gasteiger partial charge on any atom is 0.230 e. The highest BCUT2D eigenvalue weighted by Gasteiger charge is 2.30. The van der Waals surface area contributed by atoms with Crippen LogP contribution in [-0.4, -0.2) is 55.6 Å². The summed E-state index contributed by atoms with van der Waals surface area (Å²) in [7, 11) is 2.18. The third kappa shape index (κ3) is 3.98. The van der Waals surface area contributed by atoms with Crippen LogP contribution in [0.15, 0.2) is 48.8 Å². The van der Waals surface area contributed by atoms with Gasteiger partial charge in [-0.1, -0.05) is 18.2 Å². The molecular weight excluding hydrogens is 336 g/mol. The first-order valence-electron chi connectivity index (χ1n) is 9.95. The molecule has 2 aromatic rings.